The zero-order valence-corrected chi connectivity index (χ0v) is 26.4. The lowest BCUT2D eigenvalue weighted by atomic mass is 9.83. The number of aromatic nitrogens is 8. The molecule has 0 radical (unpaired) electrons. The average molecular weight is 688 g/mol. The highest BCUT2D eigenvalue weighted by atomic mass is 35.5. The summed E-state index contributed by atoms with van der Waals surface area (Å²) in [5.74, 6) is -0.621. The summed E-state index contributed by atoms with van der Waals surface area (Å²) in [7, 11) is 2.85. The zero-order chi connectivity index (χ0) is 34.7. The van der Waals surface area contributed by atoms with Crippen molar-refractivity contribution in [2.24, 2.45) is 14.1 Å². The third kappa shape index (κ3) is 5.30. The summed E-state index contributed by atoms with van der Waals surface area (Å²) < 4.78 is 9.45. The molecule has 0 aliphatic carbocycles. The number of nitrogens with zero attached hydrogens (tertiary/aromatic N) is 5. The zero-order valence-electron chi connectivity index (χ0n) is 25.7. The molecule has 250 valence electrons. The van der Waals surface area contributed by atoms with Crippen LogP contribution in [-0.2, 0) is 20.6 Å². The first-order chi connectivity index (χ1) is 23.4. The summed E-state index contributed by atoms with van der Waals surface area (Å²) >= 11 is 6.09. The molecular formula is C31H26ClN9O8. The van der Waals surface area contributed by atoms with E-state index in [1.165, 1.54) is 34.5 Å². The lowest BCUT2D eigenvalue weighted by molar-refractivity contribution is 0.0933. The SMILES string of the molecule is Cn1c(=O)c2c(ncn2CC(O)COc2ccc(C3c4c([nH]c(=O)[nH]c4=O)N(c4ccc(Cl)cc4)c4[nH]c(=O)[nH]c(=O)c43)cc2)n(C)c1=O. The molecular weight excluding hydrogens is 662 g/mol. The van der Waals surface area contributed by atoms with Crippen LogP contribution in [0.3, 0.4) is 0 Å². The van der Waals surface area contributed by atoms with Gasteiger partial charge in [-0.2, -0.15) is 0 Å². The van der Waals surface area contributed by atoms with Gasteiger partial charge >= 0.3 is 17.1 Å². The van der Waals surface area contributed by atoms with Crippen LogP contribution in [0, 0.1) is 0 Å². The Morgan fingerprint density at radius 3 is 2.02 bits per heavy atom. The molecule has 0 bridgehead atoms. The lowest BCUT2D eigenvalue weighted by Gasteiger charge is -2.35. The highest BCUT2D eigenvalue weighted by Crippen LogP contribution is 2.46. The second kappa shape index (κ2) is 11.8. The normalized spacial score (nSPS) is 13.3. The van der Waals surface area contributed by atoms with Crippen molar-refractivity contribution in [3.8, 4) is 5.75 Å². The Balaban J connectivity index is 1.21. The van der Waals surface area contributed by atoms with Gasteiger partial charge in [-0.05, 0) is 42.0 Å². The topological polar surface area (TPSA) is 226 Å². The molecule has 1 aliphatic heterocycles. The van der Waals surface area contributed by atoms with Crippen molar-refractivity contribution in [3.05, 3.63) is 139 Å². The van der Waals surface area contributed by atoms with E-state index in [1.54, 1.807) is 48.5 Å². The Kier molecular flexibility index (Phi) is 7.56. The van der Waals surface area contributed by atoms with Crippen LogP contribution >= 0.6 is 11.6 Å². The maximum atomic E-state index is 13.4. The number of benzene rings is 2. The van der Waals surface area contributed by atoms with E-state index >= 15 is 0 Å². The van der Waals surface area contributed by atoms with Gasteiger partial charge in [-0.1, -0.05) is 23.7 Å². The van der Waals surface area contributed by atoms with Crippen molar-refractivity contribution in [3.63, 3.8) is 0 Å². The minimum atomic E-state index is -1.08. The molecule has 18 heteroatoms. The monoisotopic (exact) mass is 687 g/mol. The third-order valence-corrected chi connectivity index (χ3v) is 8.56. The average Bonchev–Trinajstić information content (AvgIpc) is 3.48. The van der Waals surface area contributed by atoms with Gasteiger partial charge in [0.2, 0.25) is 0 Å². The van der Waals surface area contributed by atoms with E-state index in [0.717, 1.165) is 4.57 Å². The van der Waals surface area contributed by atoms with Crippen LogP contribution in [0.25, 0.3) is 11.2 Å². The number of halogens is 1. The molecule has 4 aromatic heterocycles. The van der Waals surface area contributed by atoms with Crippen molar-refractivity contribution in [1.82, 2.24) is 38.6 Å². The molecule has 17 nitrogen and oxygen atoms in total. The minimum absolute atomic E-state index is 0.0416. The molecule has 7 rings (SSSR count). The van der Waals surface area contributed by atoms with Crippen molar-refractivity contribution < 1.29 is 9.84 Å². The Morgan fingerprint density at radius 1 is 0.837 bits per heavy atom. The highest BCUT2D eigenvalue weighted by molar-refractivity contribution is 6.30. The summed E-state index contributed by atoms with van der Waals surface area (Å²) in [6.45, 7) is -0.234. The van der Waals surface area contributed by atoms with Crippen molar-refractivity contribution >= 4 is 40.1 Å². The number of anilines is 3. The van der Waals surface area contributed by atoms with E-state index in [9.17, 15) is 33.9 Å². The van der Waals surface area contributed by atoms with Gasteiger partial charge in [0.25, 0.3) is 16.7 Å². The van der Waals surface area contributed by atoms with Crippen LogP contribution < -0.4 is 43.4 Å². The predicted molar refractivity (Wildman–Crippen MR) is 178 cm³/mol. The number of hydrogen-bond acceptors (Lipinski definition) is 10. The summed E-state index contributed by atoms with van der Waals surface area (Å²) in [6, 6.07) is 12.7. The Bertz CT molecular complexity index is 2550. The van der Waals surface area contributed by atoms with Crippen molar-refractivity contribution in [2.45, 2.75) is 18.6 Å². The van der Waals surface area contributed by atoms with E-state index in [1.807, 2.05) is 0 Å². The number of aliphatic hydroxyl groups is 1. The minimum Gasteiger partial charge on any atom is -0.491 e. The van der Waals surface area contributed by atoms with E-state index in [0.29, 0.717) is 22.0 Å². The molecule has 49 heavy (non-hydrogen) atoms. The van der Waals surface area contributed by atoms with Crippen LogP contribution in [0.2, 0.25) is 5.02 Å². The molecule has 0 saturated carbocycles. The summed E-state index contributed by atoms with van der Waals surface area (Å²) in [5.41, 5.74) is -2.88. The van der Waals surface area contributed by atoms with E-state index in [-0.39, 0.29) is 47.1 Å². The molecule has 1 atom stereocenters. The first kappa shape index (κ1) is 31.4. The second-order valence-corrected chi connectivity index (χ2v) is 11.8. The van der Waals surface area contributed by atoms with Crippen LogP contribution in [0.1, 0.15) is 22.6 Å². The number of aryl methyl sites for hydroxylation is 1. The fraction of sp³-hybridized carbons (Fsp3) is 0.194. The maximum Gasteiger partial charge on any atom is 0.332 e. The highest BCUT2D eigenvalue weighted by Gasteiger charge is 2.38. The predicted octanol–water partition coefficient (Wildman–Crippen LogP) is 0.244. The molecule has 6 aromatic rings. The smallest absolute Gasteiger partial charge is 0.332 e. The fourth-order valence-electron chi connectivity index (χ4n) is 6.06. The number of hydrogen-bond donors (Lipinski definition) is 5. The standard InChI is InChI=1S/C31H26ClN9O8/c1-38-25-22(28(45)39(2)31(38)48)40(13-33-25)11-17(42)12-49-18-9-3-14(4-10-18)19-20-23(34-29(46)36-26(20)43)41(16-7-5-15(32)6-8-16)24-21(19)27(44)37-30(47)35-24/h3-10,13,17,19,42H,11-12H2,1-2H3,(H2,34,36,43,46)(H2,35,37,44,47). The Labute approximate surface area is 277 Å². The maximum absolute atomic E-state index is 13.4. The number of H-pyrrole nitrogens is 4. The summed E-state index contributed by atoms with van der Waals surface area (Å²) in [4.78, 5) is 92.1. The molecule has 2 aromatic carbocycles. The van der Waals surface area contributed by atoms with Crippen LogP contribution in [0.4, 0.5) is 17.3 Å². The number of nitrogens with one attached hydrogen (secondary N) is 4. The molecule has 0 fully saturated rings. The number of aliphatic hydroxyl groups excluding tert-OH is 1. The summed E-state index contributed by atoms with van der Waals surface area (Å²) in [5, 5.41) is 11.2. The van der Waals surface area contributed by atoms with Gasteiger partial charge in [-0.25, -0.2) is 19.4 Å². The van der Waals surface area contributed by atoms with E-state index < -0.39 is 45.8 Å². The van der Waals surface area contributed by atoms with Gasteiger partial charge in [-0.15, -0.1) is 0 Å². The first-order valence-corrected chi connectivity index (χ1v) is 15.1. The molecule has 0 spiro atoms. The van der Waals surface area contributed by atoms with Gasteiger partial charge in [0, 0.05) is 24.8 Å². The fourth-order valence-corrected chi connectivity index (χ4v) is 6.18. The molecule has 1 aliphatic rings. The molecule has 5 heterocycles. The largest absolute Gasteiger partial charge is 0.491 e. The number of aromatic amines is 4. The van der Waals surface area contributed by atoms with Gasteiger partial charge < -0.3 is 14.4 Å². The number of imidazole rings is 1. The first-order valence-electron chi connectivity index (χ1n) is 14.7. The number of fused-ring (bicyclic) bond motifs is 3. The van der Waals surface area contributed by atoms with Gasteiger partial charge in [0.05, 0.1) is 29.9 Å². The molecule has 0 saturated heterocycles. The number of rotatable bonds is 7. The van der Waals surface area contributed by atoms with Gasteiger partial charge in [0.1, 0.15) is 30.1 Å². The van der Waals surface area contributed by atoms with Crippen molar-refractivity contribution in [2.75, 3.05) is 11.5 Å². The van der Waals surface area contributed by atoms with Gasteiger partial charge in [0.15, 0.2) is 11.2 Å². The van der Waals surface area contributed by atoms with E-state index in [4.69, 9.17) is 16.3 Å². The van der Waals surface area contributed by atoms with Crippen LogP contribution in [0.5, 0.6) is 5.75 Å². The Hall–Kier alpha value is -6.20. The quantitative estimate of drug-likeness (QED) is 0.153. The summed E-state index contributed by atoms with van der Waals surface area (Å²) in [6.07, 6.45) is 0.280. The van der Waals surface area contributed by atoms with Crippen molar-refractivity contribution in [1.29, 1.82) is 0 Å². The van der Waals surface area contributed by atoms with Gasteiger partial charge in [-0.3, -0.25) is 48.4 Å². The van der Waals surface area contributed by atoms with Crippen LogP contribution in [0.15, 0.2) is 83.6 Å². The van der Waals surface area contributed by atoms with Crippen LogP contribution in [-0.4, -0.2) is 56.4 Å². The Morgan fingerprint density at radius 2 is 1.43 bits per heavy atom. The van der Waals surface area contributed by atoms with E-state index in [2.05, 4.69) is 24.9 Å². The second-order valence-electron chi connectivity index (χ2n) is 11.4. The molecule has 1 unspecified atom stereocenters. The molecule has 0 amide bonds. The third-order valence-electron chi connectivity index (χ3n) is 8.31. The lowest BCUT2D eigenvalue weighted by Crippen LogP contribution is -2.40. The molecule has 5 N–H and O–H groups in total. The number of ether oxygens (including phenoxy) is 1.